The van der Waals surface area contributed by atoms with Gasteiger partial charge in [0.05, 0.1) is 11.4 Å². The molecule has 3 N–H and O–H groups in total. The number of fused-ring (bicyclic) bond motifs is 1. The highest BCUT2D eigenvalue weighted by molar-refractivity contribution is 7.80. The first-order valence-electron chi connectivity index (χ1n) is 9.39. The lowest BCUT2D eigenvalue weighted by molar-refractivity contribution is 0.0938. The Bertz CT molecular complexity index is 1120. The van der Waals surface area contributed by atoms with E-state index in [0.717, 1.165) is 17.7 Å². The molecule has 2 aromatic carbocycles. The van der Waals surface area contributed by atoms with E-state index in [-0.39, 0.29) is 22.4 Å². The van der Waals surface area contributed by atoms with E-state index in [1.165, 1.54) is 4.68 Å². The molecular weight excluding hydrogens is 386 g/mol. The largest absolute Gasteiger partial charge is 0.331 e. The Kier molecular flexibility index (Phi) is 6.23. The van der Waals surface area contributed by atoms with Crippen molar-refractivity contribution >= 4 is 39.7 Å². The van der Waals surface area contributed by atoms with Crippen LogP contribution in [0.5, 0.6) is 0 Å². The Morgan fingerprint density at radius 3 is 2.41 bits per heavy atom. The number of aromatic nitrogens is 2. The molecule has 0 bridgehead atoms. The average molecular weight is 410 g/mol. The molecule has 1 amide bonds. The monoisotopic (exact) mass is 409 g/mol. The van der Waals surface area contributed by atoms with E-state index in [1.54, 1.807) is 24.3 Å². The van der Waals surface area contributed by atoms with Crippen molar-refractivity contribution < 1.29 is 4.79 Å². The highest BCUT2D eigenvalue weighted by Crippen LogP contribution is 2.16. The third-order valence-electron chi connectivity index (χ3n) is 4.47. The van der Waals surface area contributed by atoms with E-state index < -0.39 is 5.91 Å². The summed E-state index contributed by atoms with van der Waals surface area (Å²) in [5.41, 5.74) is 7.17. The van der Waals surface area contributed by atoms with Crippen molar-refractivity contribution in [1.82, 2.24) is 20.6 Å². The molecular formula is C21H23N5O2S. The van der Waals surface area contributed by atoms with Crippen molar-refractivity contribution in [2.24, 2.45) is 0 Å². The second-order valence-corrected chi connectivity index (χ2v) is 7.19. The lowest BCUT2D eigenvalue weighted by atomic mass is 10.1. The van der Waals surface area contributed by atoms with Gasteiger partial charge in [0.2, 0.25) is 0 Å². The molecule has 1 aromatic heterocycles. The summed E-state index contributed by atoms with van der Waals surface area (Å²) in [6.45, 7) is 5.74. The number of hydrogen-bond acceptors (Lipinski definition) is 4. The summed E-state index contributed by atoms with van der Waals surface area (Å²) >= 11 is 5.28. The third kappa shape index (κ3) is 4.43. The normalized spacial score (nSPS) is 10.8. The number of hydrogen-bond donors (Lipinski definition) is 3. The number of carbonyl (C=O) groups is 1. The maximum absolute atomic E-state index is 12.8. The van der Waals surface area contributed by atoms with Crippen LogP contribution in [0.4, 0.5) is 5.69 Å². The number of rotatable bonds is 4. The minimum Gasteiger partial charge on any atom is -0.331 e. The van der Waals surface area contributed by atoms with Crippen molar-refractivity contribution in [3.8, 4) is 0 Å². The Morgan fingerprint density at radius 1 is 1.07 bits per heavy atom. The first kappa shape index (κ1) is 20.5. The molecule has 29 heavy (non-hydrogen) atoms. The first-order chi connectivity index (χ1) is 13.9. The second kappa shape index (κ2) is 8.83. The van der Waals surface area contributed by atoms with Crippen LogP contribution in [0.25, 0.3) is 10.8 Å². The van der Waals surface area contributed by atoms with Crippen molar-refractivity contribution in [3.63, 3.8) is 0 Å². The Morgan fingerprint density at radius 2 is 1.72 bits per heavy atom. The zero-order valence-electron chi connectivity index (χ0n) is 16.5. The molecule has 0 unspecified atom stereocenters. The number of anilines is 1. The van der Waals surface area contributed by atoms with Gasteiger partial charge in [-0.1, -0.05) is 43.3 Å². The Balaban J connectivity index is 1.80. The lowest BCUT2D eigenvalue weighted by Gasteiger charge is -2.15. The van der Waals surface area contributed by atoms with Crippen LogP contribution in [-0.2, 0) is 6.42 Å². The van der Waals surface area contributed by atoms with Gasteiger partial charge in [0.25, 0.3) is 11.5 Å². The summed E-state index contributed by atoms with van der Waals surface area (Å²) in [6, 6.07) is 14.5. The van der Waals surface area contributed by atoms with Gasteiger partial charge in [0.1, 0.15) is 0 Å². The minimum absolute atomic E-state index is 0.151. The number of para-hydroxylation sites is 1. The van der Waals surface area contributed by atoms with Crippen molar-refractivity contribution in [2.75, 3.05) is 5.32 Å². The summed E-state index contributed by atoms with van der Waals surface area (Å²) in [7, 11) is 0. The molecule has 0 saturated carbocycles. The average Bonchev–Trinajstić information content (AvgIpc) is 2.72. The van der Waals surface area contributed by atoms with Gasteiger partial charge in [-0.05, 0) is 50.2 Å². The van der Waals surface area contributed by atoms with E-state index in [4.69, 9.17) is 12.2 Å². The standard InChI is InChI=1S/C21H23N5O2S/c1-4-14-9-5-8-12-17(14)22-21(29)24-23-19(27)18-15-10-6-7-11-16(15)20(28)26(25-18)13(2)3/h5-13H,4H2,1-3H3,(H,23,27)(H2,22,24,29). The van der Waals surface area contributed by atoms with Crippen LogP contribution >= 0.6 is 12.2 Å². The molecule has 0 atom stereocenters. The highest BCUT2D eigenvalue weighted by Gasteiger charge is 2.18. The van der Waals surface area contributed by atoms with E-state index in [2.05, 4.69) is 28.2 Å². The summed E-state index contributed by atoms with van der Waals surface area (Å²) < 4.78 is 1.31. The van der Waals surface area contributed by atoms with Gasteiger partial charge in [-0.15, -0.1) is 0 Å². The van der Waals surface area contributed by atoms with Gasteiger partial charge >= 0.3 is 0 Å². The number of aryl methyl sites for hydroxylation is 1. The maximum Gasteiger partial charge on any atom is 0.290 e. The van der Waals surface area contributed by atoms with Crippen molar-refractivity contribution in [1.29, 1.82) is 0 Å². The minimum atomic E-state index is -0.483. The molecule has 0 fully saturated rings. The van der Waals surface area contributed by atoms with Gasteiger partial charge in [0, 0.05) is 11.1 Å². The van der Waals surface area contributed by atoms with Crippen LogP contribution in [0.3, 0.4) is 0 Å². The van der Waals surface area contributed by atoms with Crippen LogP contribution in [0.1, 0.15) is 42.9 Å². The zero-order chi connectivity index (χ0) is 21.0. The molecule has 1 heterocycles. The third-order valence-corrected chi connectivity index (χ3v) is 4.67. The maximum atomic E-state index is 12.8. The van der Waals surface area contributed by atoms with E-state index in [1.807, 2.05) is 38.1 Å². The molecule has 0 radical (unpaired) electrons. The molecule has 150 valence electrons. The SMILES string of the molecule is CCc1ccccc1NC(=S)NNC(=O)c1nn(C(C)C)c(=O)c2ccccc12. The van der Waals surface area contributed by atoms with Crippen LogP contribution in [0, 0.1) is 0 Å². The number of hydrazine groups is 1. The van der Waals surface area contributed by atoms with Gasteiger partial charge < -0.3 is 5.32 Å². The molecule has 8 heteroatoms. The number of thiocarbonyl (C=S) groups is 1. The fourth-order valence-corrected chi connectivity index (χ4v) is 3.16. The van der Waals surface area contributed by atoms with Gasteiger partial charge in [0.15, 0.2) is 10.8 Å². The number of carbonyl (C=O) groups excluding carboxylic acids is 1. The van der Waals surface area contributed by atoms with Gasteiger partial charge in [-0.2, -0.15) is 5.10 Å². The van der Waals surface area contributed by atoms with Crippen LogP contribution < -0.4 is 21.7 Å². The van der Waals surface area contributed by atoms with Crippen molar-refractivity contribution in [3.05, 3.63) is 70.1 Å². The summed E-state index contributed by atoms with van der Waals surface area (Å²) in [5.74, 6) is -0.483. The molecule has 7 nitrogen and oxygen atoms in total. The lowest BCUT2D eigenvalue weighted by Crippen LogP contribution is -2.44. The topological polar surface area (TPSA) is 88.0 Å². The molecule has 0 aliphatic carbocycles. The smallest absolute Gasteiger partial charge is 0.290 e. The van der Waals surface area contributed by atoms with Crippen LogP contribution in [0.15, 0.2) is 53.3 Å². The molecule has 3 aromatic rings. The summed E-state index contributed by atoms with van der Waals surface area (Å²) in [6.07, 6.45) is 0.852. The second-order valence-electron chi connectivity index (χ2n) is 6.78. The number of nitrogens with zero attached hydrogens (tertiary/aromatic N) is 2. The van der Waals surface area contributed by atoms with E-state index >= 15 is 0 Å². The Labute approximate surface area is 174 Å². The molecule has 3 rings (SSSR count). The van der Waals surface area contributed by atoms with E-state index in [0.29, 0.717) is 10.8 Å². The fraction of sp³-hybridized carbons (Fsp3) is 0.238. The fourth-order valence-electron chi connectivity index (χ4n) is 3.00. The van der Waals surface area contributed by atoms with Crippen LogP contribution in [0.2, 0.25) is 0 Å². The Hall–Kier alpha value is -3.26. The zero-order valence-corrected chi connectivity index (χ0v) is 17.3. The number of benzene rings is 2. The summed E-state index contributed by atoms with van der Waals surface area (Å²) in [4.78, 5) is 25.4. The predicted octanol–water partition coefficient (Wildman–Crippen LogP) is 3.17. The van der Waals surface area contributed by atoms with Crippen LogP contribution in [-0.4, -0.2) is 20.8 Å². The molecule has 0 saturated heterocycles. The van der Waals surface area contributed by atoms with E-state index in [9.17, 15) is 9.59 Å². The first-order valence-corrected chi connectivity index (χ1v) is 9.80. The predicted molar refractivity (Wildman–Crippen MR) is 119 cm³/mol. The number of nitrogens with one attached hydrogen (secondary N) is 3. The highest BCUT2D eigenvalue weighted by atomic mass is 32.1. The quantitative estimate of drug-likeness (QED) is 0.453. The molecule has 0 spiro atoms. The number of amides is 1. The van der Waals surface area contributed by atoms with Gasteiger partial charge in [-0.25, -0.2) is 4.68 Å². The summed E-state index contributed by atoms with van der Waals surface area (Å²) in [5, 5.41) is 8.54. The molecule has 0 aliphatic rings. The van der Waals surface area contributed by atoms with Gasteiger partial charge in [-0.3, -0.25) is 20.4 Å². The molecule has 0 aliphatic heterocycles. The van der Waals surface area contributed by atoms with Crippen molar-refractivity contribution in [2.45, 2.75) is 33.2 Å².